The lowest BCUT2D eigenvalue weighted by Gasteiger charge is -2.22. The van der Waals surface area contributed by atoms with E-state index in [0.717, 1.165) is 16.7 Å². The second-order valence-corrected chi connectivity index (χ2v) is 7.31. The van der Waals surface area contributed by atoms with E-state index in [0.29, 0.717) is 19.4 Å². The highest BCUT2D eigenvalue weighted by molar-refractivity contribution is 5.81. The van der Waals surface area contributed by atoms with Crippen LogP contribution in [0.4, 0.5) is 0 Å². The minimum absolute atomic E-state index is 0.0907. The van der Waals surface area contributed by atoms with Gasteiger partial charge in [0.25, 0.3) is 0 Å². The van der Waals surface area contributed by atoms with Crippen LogP contribution in [0.2, 0.25) is 0 Å². The van der Waals surface area contributed by atoms with Gasteiger partial charge in [0, 0.05) is 12.5 Å². The third-order valence-electron chi connectivity index (χ3n) is 4.80. The van der Waals surface area contributed by atoms with Gasteiger partial charge in [-0.1, -0.05) is 61.5 Å². The molecule has 0 fully saturated rings. The Hall–Kier alpha value is -3.15. The van der Waals surface area contributed by atoms with E-state index in [-0.39, 0.29) is 36.7 Å². The number of rotatable bonds is 11. The molecule has 0 aliphatic heterocycles. The van der Waals surface area contributed by atoms with Crippen molar-refractivity contribution in [3.63, 3.8) is 0 Å². The number of benzene rings is 2. The van der Waals surface area contributed by atoms with E-state index in [4.69, 9.17) is 9.84 Å². The molecular formula is C24H29NO5. The first-order chi connectivity index (χ1) is 14.4. The lowest BCUT2D eigenvalue weighted by Crippen LogP contribution is -2.39. The topological polar surface area (TPSA) is 92.7 Å². The Morgan fingerprint density at radius 3 is 2.20 bits per heavy atom. The van der Waals surface area contributed by atoms with Gasteiger partial charge in [-0.2, -0.15) is 0 Å². The zero-order chi connectivity index (χ0) is 21.9. The van der Waals surface area contributed by atoms with Gasteiger partial charge in [-0.25, -0.2) is 0 Å². The standard InChI is InChI=1S/C24H29NO5/c1-3-30-24(29)17(2)15-21(25-22(26)13-14-23(27)28)16-18-9-11-20(12-10-18)19-7-5-4-6-8-19/h4-12,17,21H,3,13-16H2,1-2H3,(H,25,26)(H,27,28)/t17-,21-/m0/s1. The van der Waals surface area contributed by atoms with Crippen LogP contribution in [0.3, 0.4) is 0 Å². The number of carboxylic acid groups (broad SMARTS) is 1. The Balaban J connectivity index is 2.07. The molecule has 0 aromatic heterocycles. The fraction of sp³-hybridized carbons (Fsp3) is 0.375. The number of amides is 1. The van der Waals surface area contributed by atoms with Gasteiger partial charge in [-0.3, -0.25) is 14.4 Å². The molecule has 6 heteroatoms. The third kappa shape index (κ3) is 7.70. The van der Waals surface area contributed by atoms with Crippen LogP contribution in [-0.4, -0.2) is 35.6 Å². The van der Waals surface area contributed by atoms with Crippen molar-refractivity contribution in [1.29, 1.82) is 0 Å². The summed E-state index contributed by atoms with van der Waals surface area (Å²) in [5.74, 6) is -2.03. The quantitative estimate of drug-likeness (QED) is 0.548. The molecule has 2 N–H and O–H groups in total. The van der Waals surface area contributed by atoms with Gasteiger partial charge in [0.1, 0.15) is 0 Å². The van der Waals surface area contributed by atoms with Crippen molar-refractivity contribution in [3.05, 3.63) is 60.2 Å². The zero-order valence-corrected chi connectivity index (χ0v) is 17.5. The molecule has 0 unspecified atom stereocenters. The highest BCUT2D eigenvalue weighted by Crippen LogP contribution is 2.21. The highest BCUT2D eigenvalue weighted by Gasteiger charge is 2.22. The van der Waals surface area contributed by atoms with Crippen molar-refractivity contribution in [2.45, 2.75) is 45.6 Å². The summed E-state index contributed by atoms with van der Waals surface area (Å²) in [4.78, 5) is 34.9. The predicted octanol–water partition coefficient (Wildman–Crippen LogP) is 3.84. The lowest BCUT2D eigenvalue weighted by atomic mass is 9.94. The predicted molar refractivity (Wildman–Crippen MR) is 115 cm³/mol. The maximum atomic E-state index is 12.2. The van der Waals surface area contributed by atoms with Crippen molar-refractivity contribution >= 4 is 17.8 Å². The van der Waals surface area contributed by atoms with Crippen LogP contribution in [0.15, 0.2) is 54.6 Å². The van der Waals surface area contributed by atoms with E-state index in [1.54, 1.807) is 13.8 Å². The highest BCUT2D eigenvalue weighted by atomic mass is 16.5. The van der Waals surface area contributed by atoms with Crippen LogP contribution in [-0.2, 0) is 25.5 Å². The number of esters is 1. The number of ether oxygens (including phenoxy) is 1. The molecule has 1 amide bonds. The molecule has 0 radical (unpaired) electrons. The van der Waals surface area contributed by atoms with Crippen molar-refractivity contribution < 1.29 is 24.2 Å². The van der Waals surface area contributed by atoms with E-state index in [9.17, 15) is 14.4 Å². The van der Waals surface area contributed by atoms with E-state index < -0.39 is 5.97 Å². The van der Waals surface area contributed by atoms with Crippen molar-refractivity contribution in [2.24, 2.45) is 5.92 Å². The number of hydrogen-bond donors (Lipinski definition) is 2. The van der Waals surface area contributed by atoms with Crippen LogP contribution < -0.4 is 5.32 Å². The molecule has 0 saturated heterocycles. The van der Waals surface area contributed by atoms with Crippen molar-refractivity contribution in [3.8, 4) is 11.1 Å². The second-order valence-electron chi connectivity index (χ2n) is 7.31. The summed E-state index contributed by atoms with van der Waals surface area (Å²) in [6.07, 6.45) is 0.639. The number of hydrogen-bond acceptors (Lipinski definition) is 4. The number of carbonyl (C=O) groups excluding carboxylic acids is 2. The Morgan fingerprint density at radius 2 is 1.60 bits per heavy atom. The van der Waals surface area contributed by atoms with Crippen molar-refractivity contribution in [2.75, 3.05) is 6.61 Å². The van der Waals surface area contributed by atoms with Gasteiger partial charge in [0.05, 0.1) is 18.9 Å². The summed E-state index contributed by atoms with van der Waals surface area (Å²) in [5.41, 5.74) is 3.24. The molecule has 2 aromatic rings. The van der Waals surface area contributed by atoms with Crippen LogP contribution in [0.5, 0.6) is 0 Å². The van der Waals surface area contributed by atoms with Gasteiger partial charge in [0.15, 0.2) is 0 Å². The van der Waals surface area contributed by atoms with Gasteiger partial charge < -0.3 is 15.2 Å². The molecule has 0 heterocycles. The third-order valence-corrected chi connectivity index (χ3v) is 4.80. The summed E-state index contributed by atoms with van der Waals surface area (Å²) in [7, 11) is 0. The van der Waals surface area contributed by atoms with Gasteiger partial charge >= 0.3 is 11.9 Å². The summed E-state index contributed by atoms with van der Waals surface area (Å²) in [5, 5.41) is 11.7. The Kier molecular flexibility index (Phi) is 9.06. The number of aliphatic carboxylic acids is 1. The van der Waals surface area contributed by atoms with E-state index >= 15 is 0 Å². The average molecular weight is 411 g/mol. The first kappa shape index (κ1) is 23.1. The smallest absolute Gasteiger partial charge is 0.308 e. The SMILES string of the molecule is CCOC(=O)[C@@H](C)C[C@@H](Cc1ccc(-c2ccccc2)cc1)NC(=O)CCC(=O)O. The second kappa shape index (κ2) is 11.8. The largest absolute Gasteiger partial charge is 0.481 e. The number of nitrogens with one attached hydrogen (secondary N) is 1. The number of carboxylic acids is 1. The molecule has 6 nitrogen and oxygen atoms in total. The van der Waals surface area contributed by atoms with Gasteiger partial charge in [0.2, 0.25) is 5.91 Å². The lowest BCUT2D eigenvalue weighted by molar-refractivity contribution is -0.148. The van der Waals surface area contributed by atoms with Crippen molar-refractivity contribution in [1.82, 2.24) is 5.32 Å². The molecule has 0 aliphatic rings. The Labute approximate surface area is 177 Å². The first-order valence-electron chi connectivity index (χ1n) is 10.2. The average Bonchev–Trinajstić information content (AvgIpc) is 2.73. The molecule has 2 rings (SSSR count). The maximum absolute atomic E-state index is 12.2. The molecule has 0 saturated carbocycles. The Bertz CT molecular complexity index is 832. The molecular weight excluding hydrogens is 382 g/mol. The van der Waals surface area contributed by atoms with Gasteiger partial charge in [-0.05, 0) is 36.5 Å². The molecule has 0 aliphatic carbocycles. The number of carbonyl (C=O) groups is 3. The summed E-state index contributed by atoms with van der Waals surface area (Å²) in [6, 6.07) is 17.8. The Morgan fingerprint density at radius 1 is 0.967 bits per heavy atom. The van der Waals surface area contributed by atoms with E-state index in [1.807, 2.05) is 54.6 Å². The van der Waals surface area contributed by atoms with Crippen LogP contribution in [0, 0.1) is 5.92 Å². The molecule has 2 aromatic carbocycles. The van der Waals surface area contributed by atoms with Crippen LogP contribution >= 0.6 is 0 Å². The zero-order valence-electron chi connectivity index (χ0n) is 17.5. The van der Waals surface area contributed by atoms with Crippen LogP contribution in [0.1, 0.15) is 38.7 Å². The molecule has 0 bridgehead atoms. The fourth-order valence-electron chi connectivity index (χ4n) is 3.27. The molecule has 160 valence electrons. The van der Waals surface area contributed by atoms with Gasteiger partial charge in [-0.15, -0.1) is 0 Å². The minimum atomic E-state index is -1.02. The monoisotopic (exact) mass is 411 g/mol. The molecule has 30 heavy (non-hydrogen) atoms. The van der Waals surface area contributed by atoms with Crippen LogP contribution in [0.25, 0.3) is 11.1 Å². The summed E-state index contributed by atoms with van der Waals surface area (Å²) in [6.45, 7) is 3.83. The van der Waals surface area contributed by atoms with E-state index in [2.05, 4.69) is 5.32 Å². The minimum Gasteiger partial charge on any atom is -0.481 e. The molecule has 2 atom stereocenters. The molecule has 0 spiro atoms. The maximum Gasteiger partial charge on any atom is 0.308 e. The first-order valence-corrected chi connectivity index (χ1v) is 10.2. The normalized spacial score (nSPS) is 12.6. The fourth-order valence-corrected chi connectivity index (χ4v) is 3.27. The summed E-state index contributed by atoms with van der Waals surface area (Å²) >= 11 is 0. The van der Waals surface area contributed by atoms with E-state index in [1.165, 1.54) is 0 Å². The summed E-state index contributed by atoms with van der Waals surface area (Å²) < 4.78 is 5.07.